The van der Waals surface area contributed by atoms with E-state index in [2.05, 4.69) is 0 Å². The average molecular weight is 501 g/mol. The number of aliphatic hydroxyl groups excluding tert-OH is 2. The van der Waals surface area contributed by atoms with E-state index in [9.17, 15) is 54.3 Å². The van der Waals surface area contributed by atoms with Crippen molar-refractivity contribution in [2.75, 3.05) is 0 Å². The van der Waals surface area contributed by atoms with Gasteiger partial charge in [0.25, 0.3) is 0 Å². The molecule has 0 saturated carbocycles. The first kappa shape index (κ1) is 29.4. The number of benzene rings is 1. The molecule has 186 valence electrons. The fourth-order valence-electron chi connectivity index (χ4n) is 3.48. The highest BCUT2D eigenvalue weighted by Gasteiger charge is 2.76. The molecule has 1 aromatic carbocycles. The normalized spacial score (nSPS) is 18.4. The molecule has 0 aliphatic carbocycles. The Morgan fingerprint density at radius 3 is 1.76 bits per heavy atom. The Kier molecular flexibility index (Phi) is 8.90. The molecule has 11 nitrogen and oxygen atoms in total. The molecule has 0 saturated heterocycles. The summed E-state index contributed by atoms with van der Waals surface area (Å²) in [6.07, 6.45) is -4.57. The van der Waals surface area contributed by atoms with Gasteiger partial charge in [0, 0.05) is 11.4 Å². The van der Waals surface area contributed by atoms with Crippen molar-refractivity contribution in [1.82, 2.24) is 0 Å². The quantitative estimate of drug-likeness (QED) is 0.0961. The molecule has 0 aliphatic heterocycles. The van der Waals surface area contributed by atoms with Crippen molar-refractivity contribution < 1.29 is 54.3 Å². The number of hydrogen-bond donors (Lipinski definition) is 5. The van der Waals surface area contributed by atoms with Crippen molar-refractivity contribution >= 4 is 46.3 Å². The lowest BCUT2D eigenvalue weighted by Gasteiger charge is -2.46. The van der Waals surface area contributed by atoms with E-state index in [1.165, 1.54) is 12.1 Å². The summed E-state index contributed by atoms with van der Waals surface area (Å²) in [6.45, 7) is 2.20. The van der Waals surface area contributed by atoms with Crippen molar-refractivity contribution in [2.45, 2.75) is 62.6 Å². The van der Waals surface area contributed by atoms with Gasteiger partial charge >= 0.3 is 0 Å². The van der Waals surface area contributed by atoms with Crippen molar-refractivity contribution in [1.29, 1.82) is 0 Å². The lowest BCUT2D eigenvalue weighted by molar-refractivity contribution is -0.225. The predicted octanol–water partition coefficient (Wildman–Crippen LogP) is -1.55. The molecule has 0 amide bonds. The molecule has 34 heavy (non-hydrogen) atoms. The molecular formula is C22H25ClO11. The summed E-state index contributed by atoms with van der Waals surface area (Å²) in [6, 6.07) is 4.97. The van der Waals surface area contributed by atoms with Gasteiger partial charge in [-0.1, -0.05) is 18.2 Å². The summed E-state index contributed by atoms with van der Waals surface area (Å²) < 4.78 is 0. The van der Waals surface area contributed by atoms with Gasteiger partial charge in [-0.2, -0.15) is 0 Å². The van der Waals surface area contributed by atoms with E-state index in [1.54, 1.807) is 0 Å². The summed E-state index contributed by atoms with van der Waals surface area (Å²) in [5.74, 6) is -11.4. The van der Waals surface area contributed by atoms with Gasteiger partial charge in [-0.15, -0.1) is 11.6 Å². The average Bonchev–Trinajstić information content (AvgIpc) is 2.79. The summed E-state index contributed by atoms with van der Waals surface area (Å²) in [5.41, 5.74) is -12.7. The maximum atomic E-state index is 13.1. The highest BCUT2D eigenvalue weighted by Crippen LogP contribution is 2.39. The van der Waals surface area contributed by atoms with Gasteiger partial charge in [0.05, 0.1) is 6.10 Å². The summed E-state index contributed by atoms with van der Waals surface area (Å²) in [4.78, 5) is 76.3. The number of rotatable bonds is 12. The molecule has 0 aromatic heterocycles. The van der Waals surface area contributed by atoms with Crippen LogP contribution in [0.5, 0.6) is 0 Å². The van der Waals surface area contributed by atoms with E-state index in [0.717, 1.165) is 19.1 Å². The van der Waals surface area contributed by atoms with E-state index in [1.807, 2.05) is 0 Å². The molecule has 5 N–H and O–H groups in total. The molecule has 0 aliphatic rings. The largest absolute Gasteiger partial charge is 0.390 e. The number of alkyl halides is 1. The third-order valence-electron chi connectivity index (χ3n) is 5.54. The highest BCUT2D eigenvalue weighted by molar-refractivity contribution is 6.51. The van der Waals surface area contributed by atoms with Gasteiger partial charge < -0.3 is 25.5 Å². The van der Waals surface area contributed by atoms with Crippen LogP contribution in [-0.2, 0) is 29.9 Å². The Morgan fingerprint density at radius 1 is 0.882 bits per heavy atom. The number of Topliss-reactive ketones (excluding diaryl/α,β-unsaturated/α-hetero) is 6. The monoisotopic (exact) mass is 500 g/mol. The Hall–Kier alpha value is -2.67. The zero-order chi connectivity index (χ0) is 26.8. The zero-order valence-corrected chi connectivity index (χ0v) is 19.5. The fourth-order valence-corrected chi connectivity index (χ4v) is 3.65. The second-order valence-corrected chi connectivity index (χ2v) is 8.11. The molecule has 0 spiro atoms. The summed E-state index contributed by atoms with van der Waals surface area (Å²) >= 11 is 5.69. The van der Waals surface area contributed by atoms with E-state index >= 15 is 0 Å². The van der Waals surface area contributed by atoms with Crippen molar-refractivity contribution in [2.24, 2.45) is 0 Å². The molecule has 0 fully saturated rings. The predicted molar refractivity (Wildman–Crippen MR) is 115 cm³/mol. The summed E-state index contributed by atoms with van der Waals surface area (Å²) in [7, 11) is 0. The Morgan fingerprint density at radius 2 is 1.38 bits per heavy atom. The smallest absolute Gasteiger partial charge is 0.246 e. The van der Waals surface area contributed by atoms with Gasteiger partial charge in [0.15, 0.2) is 17.3 Å². The molecule has 1 aromatic rings. The van der Waals surface area contributed by atoms with Crippen LogP contribution in [0.2, 0.25) is 0 Å². The SMILES string of the molecule is CC(=O)[C@@](O)(C(=O)C(O)C(C)O)[C@@](O)(C(C)=O)[C@](O)(C(C)=O)C(=O)C(=O)c1cccc(CCl)c1. The molecule has 12 heteroatoms. The first-order valence-corrected chi connectivity index (χ1v) is 10.3. The third-order valence-corrected chi connectivity index (χ3v) is 5.84. The van der Waals surface area contributed by atoms with E-state index in [0.29, 0.717) is 26.3 Å². The Bertz CT molecular complexity index is 1050. The maximum Gasteiger partial charge on any atom is 0.246 e. The van der Waals surface area contributed by atoms with Crippen molar-refractivity contribution in [3.63, 3.8) is 0 Å². The van der Waals surface area contributed by atoms with E-state index in [-0.39, 0.29) is 5.88 Å². The lowest BCUT2D eigenvalue weighted by Crippen LogP contribution is -2.82. The third kappa shape index (κ3) is 4.38. The van der Waals surface area contributed by atoms with Crippen LogP contribution in [0.25, 0.3) is 0 Å². The van der Waals surface area contributed by atoms with E-state index < -0.39 is 69.3 Å². The number of hydrogen-bond acceptors (Lipinski definition) is 11. The second kappa shape index (κ2) is 10.3. The van der Waals surface area contributed by atoms with Crippen LogP contribution in [0, 0.1) is 0 Å². The Labute approximate surface area is 199 Å². The van der Waals surface area contributed by atoms with Crippen LogP contribution in [0.3, 0.4) is 0 Å². The first-order valence-electron chi connectivity index (χ1n) is 9.80. The highest BCUT2D eigenvalue weighted by atomic mass is 35.5. The van der Waals surface area contributed by atoms with Crippen LogP contribution in [0.1, 0.15) is 43.6 Å². The van der Waals surface area contributed by atoms with Crippen molar-refractivity contribution in [3.05, 3.63) is 35.4 Å². The molecule has 0 radical (unpaired) electrons. The minimum Gasteiger partial charge on any atom is -0.390 e. The topological polar surface area (TPSA) is 204 Å². The number of ketones is 6. The lowest BCUT2D eigenvalue weighted by atomic mass is 9.61. The molecule has 5 atom stereocenters. The van der Waals surface area contributed by atoms with Gasteiger partial charge in [0.2, 0.25) is 34.2 Å². The van der Waals surface area contributed by atoms with Crippen LogP contribution in [0.15, 0.2) is 24.3 Å². The van der Waals surface area contributed by atoms with Crippen LogP contribution in [0.4, 0.5) is 0 Å². The molecule has 0 bridgehead atoms. The molecule has 1 rings (SSSR count). The van der Waals surface area contributed by atoms with Crippen LogP contribution in [-0.4, -0.2) is 89.2 Å². The minimum atomic E-state index is -4.28. The summed E-state index contributed by atoms with van der Waals surface area (Å²) in [5, 5.41) is 52.8. The van der Waals surface area contributed by atoms with E-state index in [4.69, 9.17) is 11.6 Å². The molecule has 2 unspecified atom stereocenters. The fraction of sp³-hybridized carbons (Fsp3) is 0.455. The van der Waals surface area contributed by atoms with Gasteiger partial charge in [-0.05, 0) is 39.3 Å². The van der Waals surface area contributed by atoms with Gasteiger partial charge in [-0.3, -0.25) is 28.8 Å². The molecule has 0 heterocycles. The molecular weight excluding hydrogens is 476 g/mol. The number of carbonyl (C=O) groups is 6. The second-order valence-electron chi connectivity index (χ2n) is 7.84. The Balaban J connectivity index is 3.97. The van der Waals surface area contributed by atoms with Gasteiger partial charge in [-0.25, -0.2) is 0 Å². The van der Waals surface area contributed by atoms with Crippen LogP contribution < -0.4 is 0 Å². The number of carbonyl (C=O) groups excluding carboxylic acids is 6. The standard InChI is InChI=1S/C22H25ClO11/c1-10(24)16(28)18(30)20(32,11(2)25)22(34,13(4)27)21(33,12(3)26)19(31)17(29)15-7-5-6-14(8-15)9-23/h5-8,10,16,24,28,32-34H,9H2,1-4H3/t10?,16?,20-,21+,22+/m1/s1. The number of halogens is 1. The number of aliphatic hydroxyl groups is 5. The minimum absolute atomic E-state index is 0.0977. The maximum absolute atomic E-state index is 13.1. The van der Waals surface area contributed by atoms with Crippen molar-refractivity contribution in [3.8, 4) is 0 Å². The zero-order valence-electron chi connectivity index (χ0n) is 18.7. The van der Waals surface area contributed by atoms with Gasteiger partial charge in [0.1, 0.15) is 6.10 Å². The first-order chi connectivity index (χ1) is 15.5. The van der Waals surface area contributed by atoms with Crippen LogP contribution >= 0.6 is 11.6 Å².